The molecule has 24 heavy (non-hydrogen) atoms. The fourth-order valence-corrected chi connectivity index (χ4v) is 2.20. The molecule has 3 nitrogen and oxygen atoms in total. The Morgan fingerprint density at radius 3 is 2.54 bits per heavy atom. The van der Waals surface area contributed by atoms with Crippen LogP contribution in [0.2, 0.25) is 5.02 Å². The highest BCUT2D eigenvalue weighted by molar-refractivity contribution is 6.31. The average Bonchev–Trinajstić information content (AvgIpc) is 2.50. The first-order valence-electron chi connectivity index (χ1n) is 7.23. The maximum atomic E-state index is 12.6. The fraction of sp³-hybridized carbons (Fsp3) is 0.235. The number of benzene rings is 2. The highest BCUT2D eigenvalue weighted by atomic mass is 35.5. The van der Waals surface area contributed by atoms with Crippen LogP contribution in [0.15, 0.2) is 42.5 Å². The molecule has 2 aromatic carbocycles. The van der Waals surface area contributed by atoms with Gasteiger partial charge in [0, 0.05) is 29.4 Å². The predicted octanol–water partition coefficient (Wildman–Crippen LogP) is 5.11. The Balaban J connectivity index is 1.85. The second-order valence-corrected chi connectivity index (χ2v) is 5.67. The number of rotatable bonds is 5. The van der Waals surface area contributed by atoms with Gasteiger partial charge in [0.05, 0.1) is 5.56 Å². The summed E-state index contributed by atoms with van der Waals surface area (Å²) in [5, 5.41) is 6.05. The van der Waals surface area contributed by atoms with Crippen LogP contribution in [0.25, 0.3) is 0 Å². The summed E-state index contributed by atoms with van der Waals surface area (Å²) >= 11 is 5.98. The van der Waals surface area contributed by atoms with Crippen LogP contribution in [0, 0.1) is 6.92 Å². The number of aryl methyl sites for hydroxylation is 1. The Morgan fingerprint density at radius 2 is 1.88 bits per heavy atom. The third kappa shape index (κ3) is 5.16. The standard InChI is InChI=1S/C17H16ClF3N2O/c1-11-5-6-14(10-15(11)18)23-16(24)7-8-22-13-4-2-3-12(9-13)17(19,20)21/h2-6,9-10,22H,7-8H2,1H3,(H,23,24). The second-order valence-electron chi connectivity index (χ2n) is 5.27. The van der Waals surface area contributed by atoms with Gasteiger partial charge in [-0.3, -0.25) is 4.79 Å². The summed E-state index contributed by atoms with van der Waals surface area (Å²) in [6.45, 7) is 2.07. The first kappa shape index (κ1) is 18.1. The van der Waals surface area contributed by atoms with E-state index in [0.29, 0.717) is 16.4 Å². The van der Waals surface area contributed by atoms with Crippen molar-refractivity contribution in [1.29, 1.82) is 0 Å². The zero-order valence-electron chi connectivity index (χ0n) is 12.9. The van der Waals surface area contributed by atoms with Crippen LogP contribution < -0.4 is 10.6 Å². The minimum Gasteiger partial charge on any atom is -0.385 e. The molecule has 0 aromatic heterocycles. The van der Waals surface area contributed by atoms with Crippen molar-refractivity contribution in [3.63, 3.8) is 0 Å². The van der Waals surface area contributed by atoms with E-state index in [1.54, 1.807) is 18.2 Å². The minimum absolute atomic E-state index is 0.113. The smallest absolute Gasteiger partial charge is 0.385 e. The van der Waals surface area contributed by atoms with Gasteiger partial charge in [0.15, 0.2) is 0 Å². The lowest BCUT2D eigenvalue weighted by atomic mass is 10.2. The summed E-state index contributed by atoms with van der Waals surface area (Å²) in [6.07, 6.45) is -4.28. The number of carbonyl (C=O) groups excluding carboxylic acids is 1. The number of halogens is 4. The molecule has 0 aliphatic carbocycles. The Bertz CT molecular complexity index is 732. The number of anilines is 2. The van der Waals surface area contributed by atoms with Crippen LogP contribution >= 0.6 is 11.6 Å². The van der Waals surface area contributed by atoms with E-state index in [1.165, 1.54) is 12.1 Å². The number of carbonyl (C=O) groups is 1. The summed E-state index contributed by atoms with van der Waals surface area (Å²) in [6, 6.07) is 10.0. The van der Waals surface area contributed by atoms with Gasteiger partial charge in [0.1, 0.15) is 0 Å². The van der Waals surface area contributed by atoms with Crippen molar-refractivity contribution in [2.24, 2.45) is 0 Å². The van der Waals surface area contributed by atoms with Gasteiger partial charge < -0.3 is 10.6 Å². The van der Waals surface area contributed by atoms with Gasteiger partial charge in [-0.25, -0.2) is 0 Å². The van der Waals surface area contributed by atoms with Crippen molar-refractivity contribution < 1.29 is 18.0 Å². The number of alkyl halides is 3. The van der Waals surface area contributed by atoms with Gasteiger partial charge in [-0.2, -0.15) is 13.2 Å². The second kappa shape index (κ2) is 7.57. The average molecular weight is 357 g/mol. The van der Waals surface area contributed by atoms with Gasteiger partial charge in [0.2, 0.25) is 5.91 Å². The summed E-state index contributed by atoms with van der Waals surface area (Å²) < 4.78 is 37.9. The Hall–Kier alpha value is -2.21. The SMILES string of the molecule is Cc1ccc(NC(=O)CCNc2cccc(C(F)(F)F)c2)cc1Cl. The number of hydrogen-bond acceptors (Lipinski definition) is 2. The lowest BCUT2D eigenvalue weighted by Crippen LogP contribution is -2.16. The maximum absolute atomic E-state index is 12.6. The maximum Gasteiger partial charge on any atom is 0.416 e. The molecule has 0 heterocycles. The fourth-order valence-electron chi connectivity index (χ4n) is 2.02. The number of nitrogens with one attached hydrogen (secondary N) is 2. The van der Waals surface area contributed by atoms with Crippen molar-refractivity contribution >= 4 is 28.9 Å². The minimum atomic E-state index is -4.39. The Labute approximate surface area is 142 Å². The Morgan fingerprint density at radius 1 is 1.12 bits per heavy atom. The molecule has 128 valence electrons. The molecule has 7 heteroatoms. The van der Waals surface area contributed by atoms with Crippen LogP contribution in [0.4, 0.5) is 24.5 Å². The first-order valence-corrected chi connectivity index (χ1v) is 7.60. The third-order valence-corrected chi connectivity index (χ3v) is 3.73. The van der Waals surface area contributed by atoms with Gasteiger partial charge in [-0.15, -0.1) is 0 Å². The first-order chi connectivity index (χ1) is 11.3. The van der Waals surface area contributed by atoms with Crippen molar-refractivity contribution in [1.82, 2.24) is 0 Å². The molecule has 1 amide bonds. The molecule has 2 aromatic rings. The van der Waals surface area contributed by atoms with Gasteiger partial charge >= 0.3 is 6.18 Å². The topological polar surface area (TPSA) is 41.1 Å². The van der Waals surface area contributed by atoms with E-state index >= 15 is 0 Å². The number of hydrogen-bond donors (Lipinski definition) is 2. The predicted molar refractivity (Wildman–Crippen MR) is 89.4 cm³/mol. The largest absolute Gasteiger partial charge is 0.416 e. The summed E-state index contributed by atoms with van der Waals surface area (Å²) in [5.74, 6) is -0.255. The quantitative estimate of drug-likeness (QED) is 0.781. The van der Waals surface area contributed by atoms with E-state index in [2.05, 4.69) is 10.6 Å². The highest BCUT2D eigenvalue weighted by Gasteiger charge is 2.30. The molecule has 2 rings (SSSR count). The summed E-state index contributed by atoms with van der Waals surface area (Å²) in [4.78, 5) is 11.9. The molecular weight excluding hydrogens is 341 g/mol. The zero-order chi connectivity index (χ0) is 17.7. The molecule has 0 fully saturated rings. The van der Waals surface area contributed by atoms with Crippen molar-refractivity contribution in [2.75, 3.05) is 17.2 Å². The van der Waals surface area contributed by atoms with Gasteiger partial charge in [-0.1, -0.05) is 23.7 Å². The lowest BCUT2D eigenvalue weighted by molar-refractivity contribution is -0.137. The van der Waals surface area contributed by atoms with E-state index in [4.69, 9.17) is 11.6 Å². The van der Waals surface area contributed by atoms with Crippen LogP contribution in [-0.4, -0.2) is 12.5 Å². The molecule has 0 unspecified atom stereocenters. The van der Waals surface area contributed by atoms with Gasteiger partial charge in [0.25, 0.3) is 0 Å². The molecule has 0 aliphatic heterocycles. The molecule has 0 saturated heterocycles. The molecule has 2 N–H and O–H groups in total. The molecule has 0 atom stereocenters. The molecule has 0 radical (unpaired) electrons. The van der Waals surface area contributed by atoms with Crippen molar-refractivity contribution in [3.05, 3.63) is 58.6 Å². The van der Waals surface area contributed by atoms with E-state index in [0.717, 1.165) is 17.7 Å². The third-order valence-electron chi connectivity index (χ3n) is 3.33. The number of amides is 1. The lowest BCUT2D eigenvalue weighted by Gasteiger charge is -2.11. The molecule has 0 spiro atoms. The van der Waals surface area contributed by atoms with E-state index in [9.17, 15) is 18.0 Å². The highest BCUT2D eigenvalue weighted by Crippen LogP contribution is 2.30. The van der Waals surface area contributed by atoms with E-state index in [1.807, 2.05) is 6.92 Å². The van der Waals surface area contributed by atoms with Gasteiger partial charge in [-0.05, 0) is 42.8 Å². The molecule has 0 bridgehead atoms. The normalized spacial score (nSPS) is 11.2. The molecular formula is C17H16ClF3N2O. The van der Waals surface area contributed by atoms with Crippen LogP contribution in [0.1, 0.15) is 17.5 Å². The zero-order valence-corrected chi connectivity index (χ0v) is 13.6. The summed E-state index contributed by atoms with van der Waals surface area (Å²) in [5.41, 5.74) is 1.07. The monoisotopic (exact) mass is 356 g/mol. The molecule has 0 aliphatic rings. The van der Waals surface area contributed by atoms with Crippen LogP contribution in [0.3, 0.4) is 0 Å². The molecule has 0 saturated carbocycles. The summed E-state index contributed by atoms with van der Waals surface area (Å²) in [7, 11) is 0. The van der Waals surface area contributed by atoms with E-state index < -0.39 is 11.7 Å². The van der Waals surface area contributed by atoms with Crippen LogP contribution in [0.5, 0.6) is 0 Å². The van der Waals surface area contributed by atoms with Crippen LogP contribution in [-0.2, 0) is 11.0 Å². The Kier molecular flexibility index (Phi) is 5.72. The van der Waals surface area contributed by atoms with E-state index in [-0.39, 0.29) is 18.9 Å². The van der Waals surface area contributed by atoms with Crippen molar-refractivity contribution in [3.8, 4) is 0 Å². The van der Waals surface area contributed by atoms with Crippen molar-refractivity contribution in [2.45, 2.75) is 19.5 Å².